The number of hydrogen-bond acceptors (Lipinski definition) is 1. The summed E-state index contributed by atoms with van der Waals surface area (Å²) in [5.74, 6) is 0. The summed E-state index contributed by atoms with van der Waals surface area (Å²) in [6.07, 6.45) is 2.17. The molecule has 1 heterocycles. The summed E-state index contributed by atoms with van der Waals surface area (Å²) in [5, 5.41) is 0. The van der Waals surface area contributed by atoms with Gasteiger partial charge in [-0.3, -0.25) is 4.42 Å². The molecule has 0 spiro atoms. The lowest BCUT2D eigenvalue weighted by Gasteiger charge is -2.08. The van der Waals surface area contributed by atoms with Crippen LogP contribution in [-0.2, 0) is 12.8 Å². The maximum absolute atomic E-state index is 6.01. The van der Waals surface area contributed by atoms with E-state index in [1.54, 1.807) is 0 Å². The fraction of sp³-hybridized carbons (Fsp3) is 0.400. The van der Waals surface area contributed by atoms with Gasteiger partial charge in [-0.25, -0.2) is 0 Å². The summed E-state index contributed by atoms with van der Waals surface area (Å²) in [7, 11) is 0. The first kappa shape index (κ1) is 7.93. The second-order valence-electron chi connectivity index (χ2n) is 3.15. The standard InChI is InChI=1S/C10H12ClN/c1-2-8-3-4-9-5-6-12(11)10(9)7-8/h3-4,7H,2,5-6H2,1H3. The van der Waals surface area contributed by atoms with E-state index in [0.29, 0.717) is 0 Å². The normalized spacial score (nSPS) is 15.0. The maximum Gasteiger partial charge on any atom is 0.0558 e. The van der Waals surface area contributed by atoms with Gasteiger partial charge in [0.05, 0.1) is 5.69 Å². The van der Waals surface area contributed by atoms with Gasteiger partial charge < -0.3 is 0 Å². The number of aryl methyl sites for hydroxylation is 1. The first-order chi connectivity index (χ1) is 5.81. The van der Waals surface area contributed by atoms with Crippen LogP contribution in [-0.4, -0.2) is 6.54 Å². The third-order valence-electron chi connectivity index (χ3n) is 2.40. The molecule has 1 aromatic rings. The highest BCUT2D eigenvalue weighted by Crippen LogP contribution is 2.30. The van der Waals surface area contributed by atoms with Gasteiger partial charge >= 0.3 is 0 Å². The van der Waals surface area contributed by atoms with Gasteiger partial charge in [0, 0.05) is 18.3 Å². The predicted octanol–water partition coefficient (Wildman–Crippen LogP) is 2.77. The van der Waals surface area contributed by atoms with E-state index >= 15 is 0 Å². The van der Waals surface area contributed by atoms with Crippen LogP contribution < -0.4 is 4.42 Å². The molecule has 1 aliphatic rings. The average Bonchev–Trinajstić information content (AvgIpc) is 2.47. The molecule has 1 nitrogen and oxygen atoms in total. The zero-order chi connectivity index (χ0) is 8.55. The van der Waals surface area contributed by atoms with Gasteiger partial charge in [-0.1, -0.05) is 19.1 Å². The third kappa shape index (κ3) is 1.18. The van der Waals surface area contributed by atoms with Gasteiger partial charge in [0.15, 0.2) is 0 Å². The first-order valence-electron chi connectivity index (χ1n) is 4.36. The number of anilines is 1. The molecule has 0 saturated heterocycles. The zero-order valence-electron chi connectivity index (χ0n) is 7.18. The van der Waals surface area contributed by atoms with Crippen LogP contribution in [0.4, 0.5) is 5.69 Å². The van der Waals surface area contributed by atoms with E-state index in [0.717, 1.165) is 19.4 Å². The molecule has 0 saturated carbocycles. The van der Waals surface area contributed by atoms with Crippen molar-refractivity contribution < 1.29 is 0 Å². The van der Waals surface area contributed by atoms with Crippen LogP contribution in [0.3, 0.4) is 0 Å². The van der Waals surface area contributed by atoms with Gasteiger partial charge in [-0.2, -0.15) is 0 Å². The van der Waals surface area contributed by atoms with Crippen LogP contribution in [0.25, 0.3) is 0 Å². The van der Waals surface area contributed by atoms with Crippen molar-refractivity contribution in [3.05, 3.63) is 29.3 Å². The van der Waals surface area contributed by atoms with Crippen molar-refractivity contribution in [2.24, 2.45) is 0 Å². The second kappa shape index (κ2) is 2.98. The lowest BCUT2D eigenvalue weighted by molar-refractivity contribution is 1.05. The lowest BCUT2D eigenvalue weighted by Crippen LogP contribution is -2.04. The van der Waals surface area contributed by atoms with Crippen molar-refractivity contribution in [2.75, 3.05) is 11.0 Å². The van der Waals surface area contributed by atoms with Crippen molar-refractivity contribution in [1.29, 1.82) is 0 Å². The van der Waals surface area contributed by atoms with Crippen LogP contribution in [0.15, 0.2) is 18.2 Å². The monoisotopic (exact) mass is 181 g/mol. The highest BCUT2D eigenvalue weighted by atomic mass is 35.5. The number of fused-ring (bicyclic) bond motifs is 1. The average molecular weight is 182 g/mol. The molecule has 1 aromatic carbocycles. The molecule has 0 aliphatic carbocycles. The molecule has 2 rings (SSSR count). The summed E-state index contributed by atoms with van der Waals surface area (Å²) in [6, 6.07) is 6.57. The van der Waals surface area contributed by atoms with E-state index in [-0.39, 0.29) is 0 Å². The SMILES string of the molecule is CCc1ccc2c(c1)N(Cl)CC2. The van der Waals surface area contributed by atoms with Gasteiger partial charge in [0.2, 0.25) is 0 Å². The number of rotatable bonds is 1. The predicted molar refractivity (Wildman–Crippen MR) is 52.7 cm³/mol. The molecule has 0 atom stereocenters. The van der Waals surface area contributed by atoms with Crippen LogP contribution in [0.2, 0.25) is 0 Å². The lowest BCUT2D eigenvalue weighted by atomic mass is 10.1. The number of nitrogens with zero attached hydrogens (tertiary/aromatic N) is 1. The van der Waals surface area contributed by atoms with Crippen molar-refractivity contribution in [1.82, 2.24) is 0 Å². The molecular formula is C10H12ClN. The fourth-order valence-corrected chi connectivity index (χ4v) is 1.85. The fourth-order valence-electron chi connectivity index (χ4n) is 1.61. The summed E-state index contributed by atoms with van der Waals surface area (Å²) in [5.41, 5.74) is 3.94. The largest absolute Gasteiger partial charge is 0.285 e. The topological polar surface area (TPSA) is 3.24 Å². The summed E-state index contributed by atoms with van der Waals surface area (Å²) in [6.45, 7) is 3.11. The molecule has 0 unspecified atom stereocenters. The molecule has 0 amide bonds. The molecule has 0 N–H and O–H groups in total. The highest BCUT2D eigenvalue weighted by molar-refractivity contribution is 6.26. The molecule has 0 aromatic heterocycles. The van der Waals surface area contributed by atoms with Gasteiger partial charge in [-0.05, 0) is 30.0 Å². The van der Waals surface area contributed by atoms with Crippen molar-refractivity contribution >= 4 is 17.5 Å². The third-order valence-corrected chi connectivity index (χ3v) is 2.75. The minimum Gasteiger partial charge on any atom is -0.285 e. The molecule has 1 aliphatic heterocycles. The van der Waals surface area contributed by atoms with Gasteiger partial charge in [0.25, 0.3) is 0 Å². The van der Waals surface area contributed by atoms with E-state index in [4.69, 9.17) is 11.8 Å². The Labute approximate surface area is 78.1 Å². The minimum atomic E-state index is 0.948. The summed E-state index contributed by atoms with van der Waals surface area (Å²) >= 11 is 6.01. The van der Waals surface area contributed by atoms with Gasteiger partial charge in [-0.15, -0.1) is 0 Å². The quantitative estimate of drug-likeness (QED) is 0.603. The Kier molecular flexibility index (Phi) is 1.97. The maximum atomic E-state index is 6.01. The number of hydrogen-bond donors (Lipinski definition) is 0. The van der Waals surface area contributed by atoms with Crippen LogP contribution in [0.1, 0.15) is 18.1 Å². The summed E-state index contributed by atoms with van der Waals surface area (Å²) in [4.78, 5) is 0. The number of benzene rings is 1. The molecule has 0 bridgehead atoms. The van der Waals surface area contributed by atoms with E-state index in [2.05, 4.69) is 25.1 Å². The second-order valence-corrected chi connectivity index (χ2v) is 3.56. The van der Waals surface area contributed by atoms with Gasteiger partial charge in [0.1, 0.15) is 0 Å². The molecule has 12 heavy (non-hydrogen) atoms. The van der Waals surface area contributed by atoms with E-state index < -0.39 is 0 Å². The first-order valence-corrected chi connectivity index (χ1v) is 4.70. The Balaban J connectivity index is 2.43. The van der Waals surface area contributed by atoms with E-state index in [9.17, 15) is 0 Å². The highest BCUT2D eigenvalue weighted by Gasteiger charge is 2.16. The molecule has 0 fully saturated rings. The van der Waals surface area contributed by atoms with Crippen LogP contribution in [0.5, 0.6) is 0 Å². The molecular weight excluding hydrogens is 170 g/mol. The van der Waals surface area contributed by atoms with Crippen LogP contribution >= 0.6 is 11.8 Å². The van der Waals surface area contributed by atoms with E-state index in [1.807, 2.05) is 4.42 Å². The molecule has 0 radical (unpaired) electrons. The molecule has 64 valence electrons. The Morgan fingerprint density at radius 2 is 2.33 bits per heavy atom. The Morgan fingerprint density at radius 3 is 3.08 bits per heavy atom. The van der Waals surface area contributed by atoms with Crippen molar-refractivity contribution in [2.45, 2.75) is 19.8 Å². The minimum absolute atomic E-state index is 0.948. The van der Waals surface area contributed by atoms with E-state index in [1.165, 1.54) is 16.8 Å². The van der Waals surface area contributed by atoms with Crippen LogP contribution in [0, 0.1) is 0 Å². The Morgan fingerprint density at radius 1 is 1.50 bits per heavy atom. The molecule has 2 heteroatoms. The summed E-state index contributed by atoms with van der Waals surface area (Å²) < 4.78 is 1.81. The number of halogens is 1. The zero-order valence-corrected chi connectivity index (χ0v) is 7.93. The van der Waals surface area contributed by atoms with Crippen molar-refractivity contribution in [3.8, 4) is 0 Å². The smallest absolute Gasteiger partial charge is 0.0558 e. The van der Waals surface area contributed by atoms with Crippen molar-refractivity contribution in [3.63, 3.8) is 0 Å². The Bertz CT molecular complexity index is 296. The Hall–Kier alpha value is -0.690.